The molecule has 0 radical (unpaired) electrons. The molecule has 1 heterocycles. The number of hydrogen-bond acceptors (Lipinski definition) is 3. The molecule has 6 heteroatoms. The number of piperidine rings is 1. The second-order valence-electron chi connectivity index (χ2n) is 6.75. The number of hydrogen-bond donors (Lipinski definition) is 1. The average Bonchev–Trinajstić information content (AvgIpc) is 2.65. The van der Waals surface area contributed by atoms with Crippen molar-refractivity contribution >= 4 is 23.5 Å². The molecule has 4 nitrogen and oxygen atoms in total. The first-order valence-corrected chi connectivity index (χ1v) is 9.48. The van der Waals surface area contributed by atoms with Gasteiger partial charge in [0.05, 0.1) is 6.61 Å². The number of nitrogens with one attached hydrogen (secondary N) is 1. The smallest absolute Gasteiger partial charge is 0.315 e. The zero-order chi connectivity index (χ0) is 20.1. The molecular formula is C22H21ClFNO3. The molecule has 28 heavy (non-hydrogen) atoms. The quantitative estimate of drug-likeness (QED) is 0.577. The van der Waals surface area contributed by atoms with E-state index in [-0.39, 0.29) is 35.2 Å². The van der Waals surface area contributed by atoms with E-state index in [1.54, 1.807) is 0 Å². The summed E-state index contributed by atoms with van der Waals surface area (Å²) in [5.74, 6) is -3.06. The van der Waals surface area contributed by atoms with Crippen molar-refractivity contribution in [1.82, 2.24) is 5.32 Å². The molecule has 0 unspecified atom stereocenters. The molecule has 0 spiro atoms. The topological polar surface area (TPSA) is 55.4 Å². The van der Waals surface area contributed by atoms with Gasteiger partial charge in [0.1, 0.15) is 11.7 Å². The highest BCUT2D eigenvalue weighted by molar-refractivity contribution is 6.31. The Balaban J connectivity index is 1.70. The Kier molecular flexibility index (Phi) is 6.47. The SMILES string of the molecule is C=C1NC(=O)C[C@@H](c2c(F)cccc2Cl)[C@@H]1C(=O)OCCCc1ccccc1. The predicted octanol–water partition coefficient (Wildman–Crippen LogP) is 4.39. The van der Waals surface area contributed by atoms with E-state index in [0.29, 0.717) is 6.42 Å². The number of ether oxygens (including phenoxy) is 1. The van der Waals surface area contributed by atoms with Crippen LogP contribution in [-0.2, 0) is 20.7 Å². The molecule has 2 atom stereocenters. The van der Waals surface area contributed by atoms with E-state index in [1.807, 2.05) is 30.3 Å². The van der Waals surface area contributed by atoms with Gasteiger partial charge in [0.2, 0.25) is 5.91 Å². The highest BCUT2D eigenvalue weighted by Gasteiger charge is 2.41. The van der Waals surface area contributed by atoms with Crippen LogP contribution >= 0.6 is 11.6 Å². The Hall–Kier alpha value is -2.66. The second kappa shape index (κ2) is 9.02. The van der Waals surface area contributed by atoms with E-state index in [0.717, 1.165) is 12.0 Å². The van der Waals surface area contributed by atoms with Crippen molar-refractivity contribution in [3.8, 4) is 0 Å². The summed E-state index contributed by atoms with van der Waals surface area (Å²) in [4.78, 5) is 24.7. The summed E-state index contributed by atoms with van der Waals surface area (Å²) >= 11 is 6.17. The van der Waals surface area contributed by atoms with Gasteiger partial charge in [-0.05, 0) is 30.5 Å². The molecule has 0 aromatic heterocycles. The predicted molar refractivity (Wildman–Crippen MR) is 105 cm³/mol. The van der Waals surface area contributed by atoms with E-state index in [9.17, 15) is 14.0 Å². The first-order valence-electron chi connectivity index (χ1n) is 9.10. The molecule has 3 rings (SSSR count). The van der Waals surface area contributed by atoms with E-state index in [1.165, 1.54) is 18.2 Å². The number of rotatable bonds is 6. The van der Waals surface area contributed by atoms with Gasteiger partial charge in [0.25, 0.3) is 0 Å². The van der Waals surface area contributed by atoms with Crippen LogP contribution in [0, 0.1) is 11.7 Å². The Bertz CT molecular complexity index is 864. The van der Waals surface area contributed by atoms with Crippen LogP contribution in [0.25, 0.3) is 0 Å². The molecule has 1 aliphatic heterocycles. The van der Waals surface area contributed by atoms with Gasteiger partial charge >= 0.3 is 5.97 Å². The van der Waals surface area contributed by atoms with Gasteiger partial charge in [0, 0.05) is 28.6 Å². The Morgan fingerprint density at radius 2 is 1.96 bits per heavy atom. The summed E-state index contributed by atoms with van der Waals surface area (Å²) in [5, 5.41) is 2.74. The molecular weight excluding hydrogens is 381 g/mol. The molecule has 1 fully saturated rings. The van der Waals surface area contributed by atoms with E-state index >= 15 is 0 Å². The van der Waals surface area contributed by atoms with Crippen LogP contribution in [0.3, 0.4) is 0 Å². The van der Waals surface area contributed by atoms with Crippen LogP contribution in [0.5, 0.6) is 0 Å². The third-order valence-electron chi connectivity index (χ3n) is 4.80. The first kappa shape index (κ1) is 20.1. The third kappa shape index (κ3) is 4.60. The van der Waals surface area contributed by atoms with Crippen molar-refractivity contribution in [2.24, 2.45) is 5.92 Å². The van der Waals surface area contributed by atoms with Crippen molar-refractivity contribution in [1.29, 1.82) is 0 Å². The normalized spacial score (nSPS) is 19.2. The summed E-state index contributed by atoms with van der Waals surface area (Å²) in [6.45, 7) is 4.01. The van der Waals surface area contributed by atoms with E-state index < -0.39 is 23.6 Å². The molecule has 1 N–H and O–H groups in total. The summed E-state index contributed by atoms with van der Waals surface area (Å²) in [6, 6.07) is 14.2. The highest BCUT2D eigenvalue weighted by Crippen LogP contribution is 2.40. The lowest BCUT2D eigenvalue weighted by molar-refractivity contribution is -0.149. The maximum Gasteiger partial charge on any atom is 0.315 e. The van der Waals surface area contributed by atoms with E-state index in [2.05, 4.69) is 11.9 Å². The lowest BCUT2D eigenvalue weighted by Crippen LogP contribution is -2.42. The Morgan fingerprint density at radius 3 is 2.68 bits per heavy atom. The molecule has 0 saturated carbocycles. The number of aryl methyl sites for hydroxylation is 1. The summed E-state index contributed by atoms with van der Waals surface area (Å²) in [7, 11) is 0. The molecule has 0 bridgehead atoms. The standard InChI is InChI=1S/C22H21ClFNO3/c1-14-20(22(27)28-12-6-9-15-7-3-2-4-8-15)16(13-19(26)25-14)21-17(23)10-5-11-18(21)24/h2-5,7-8,10-11,16,20H,1,6,9,12-13H2,(H,25,26)/t16-,20-/m1/s1. The van der Waals surface area contributed by atoms with Gasteiger partial charge in [-0.15, -0.1) is 0 Å². The average molecular weight is 402 g/mol. The largest absolute Gasteiger partial charge is 0.465 e. The number of amides is 1. The minimum atomic E-state index is -0.885. The van der Waals surface area contributed by atoms with Crippen molar-refractivity contribution in [3.05, 3.63) is 82.8 Å². The fourth-order valence-electron chi connectivity index (χ4n) is 3.49. The van der Waals surface area contributed by atoms with Crippen LogP contribution in [0.15, 0.2) is 60.8 Å². The van der Waals surface area contributed by atoms with Crippen molar-refractivity contribution in [2.75, 3.05) is 6.61 Å². The number of carbonyl (C=O) groups is 2. The van der Waals surface area contributed by atoms with Gasteiger partial charge in [-0.25, -0.2) is 4.39 Å². The fourth-order valence-corrected chi connectivity index (χ4v) is 3.80. The van der Waals surface area contributed by atoms with Crippen molar-refractivity contribution in [3.63, 3.8) is 0 Å². The summed E-state index contributed by atoms with van der Waals surface area (Å²) < 4.78 is 19.8. The highest BCUT2D eigenvalue weighted by atomic mass is 35.5. The molecule has 0 aliphatic carbocycles. The maximum absolute atomic E-state index is 14.4. The monoisotopic (exact) mass is 401 g/mol. The lowest BCUT2D eigenvalue weighted by Gasteiger charge is -2.32. The molecule has 1 amide bonds. The van der Waals surface area contributed by atoms with Gasteiger partial charge in [-0.1, -0.05) is 54.6 Å². The number of halogens is 2. The number of carbonyl (C=O) groups excluding carboxylic acids is 2. The van der Waals surface area contributed by atoms with Gasteiger partial charge in [-0.3, -0.25) is 9.59 Å². The molecule has 1 aliphatic rings. The minimum Gasteiger partial charge on any atom is -0.465 e. The van der Waals surface area contributed by atoms with Crippen molar-refractivity contribution < 1.29 is 18.7 Å². The van der Waals surface area contributed by atoms with Crippen LogP contribution < -0.4 is 5.32 Å². The van der Waals surface area contributed by atoms with Gasteiger partial charge in [-0.2, -0.15) is 0 Å². The zero-order valence-corrected chi connectivity index (χ0v) is 16.0. The number of esters is 1. The first-order chi connectivity index (χ1) is 13.5. The molecule has 2 aromatic rings. The van der Waals surface area contributed by atoms with Crippen LogP contribution in [0.4, 0.5) is 4.39 Å². The Morgan fingerprint density at radius 1 is 1.21 bits per heavy atom. The summed E-state index contributed by atoms with van der Waals surface area (Å²) in [5.41, 5.74) is 1.50. The molecule has 2 aromatic carbocycles. The van der Waals surface area contributed by atoms with Crippen molar-refractivity contribution in [2.45, 2.75) is 25.2 Å². The fraction of sp³-hybridized carbons (Fsp3) is 0.273. The third-order valence-corrected chi connectivity index (χ3v) is 5.13. The minimum absolute atomic E-state index is 0.0660. The Labute approximate surface area is 168 Å². The second-order valence-corrected chi connectivity index (χ2v) is 7.16. The lowest BCUT2D eigenvalue weighted by atomic mass is 9.79. The molecule has 146 valence electrons. The maximum atomic E-state index is 14.4. The van der Waals surface area contributed by atoms with Gasteiger partial charge in [0.15, 0.2) is 0 Å². The van der Waals surface area contributed by atoms with Crippen LogP contribution in [0.1, 0.15) is 29.9 Å². The van der Waals surface area contributed by atoms with Crippen LogP contribution in [0.2, 0.25) is 5.02 Å². The summed E-state index contributed by atoms with van der Waals surface area (Å²) in [6.07, 6.45) is 1.37. The van der Waals surface area contributed by atoms with E-state index in [4.69, 9.17) is 16.3 Å². The number of benzene rings is 2. The van der Waals surface area contributed by atoms with Gasteiger partial charge < -0.3 is 10.1 Å². The van der Waals surface area contributed by atoms with Crippen LogP contribution in [-0.4, -0.2) is 18.5 Å². The zero-order valence-electron chi connectivity index (χ0n) is 15.3. The molecule has 1 saturated heterocycles.